The van der Waals surface area contributed by atoms with Gasteiger partial charge in [0.1, 0.15) is 11.3 Å². The Morgan fingerprint density at radius 1 is 1.43 bits per heavy atom. The smallest absolute Gasteiger partial charge is 0.135 e. The molecule has 0 spiro atoms. The van der Waals surface area contributed by atoms with E-state index in [1.165, 1.54) is 0 Å². The number of aryl methyl sites for hydroxylation is 1. The molecular formula is C11H12ClNO. The van der Waals surface area contributed by atoms with E-state index in [-0.39, 0.29) is 0 Å². The van der Waals surface area contributed by atoms with Gasteiger partial charge >= 0.3 is 0 Å². The first-order valence-corrected chi connectivity index (χ1v) is 4.98. The lowest BCUT2D eigenvalue weighted by Crippen LogP contribution is -2.02. The topological polar surface area (TPSA) is 39.2 Å². The summed E-state index contributed by atoms with van der Waals surface area (Å²) in [7, 11) is 0. The van der Waals surface area contributed by atoms with Crippen molar-refractivity contribution < 1.29 is 4.42 Å². The number of hydrogen-bond donors (Lipinski definition) is 1. The lowest BCUT2D eigenvalue weighted by molar-refractivity contribution is 0.578. The Bertz CT molecular complexity index is 462. The average molecular weight is 210 g/mol. The van der Waals surface area contributed by atoms with Gasteiger partial charge < -0.3 is 10.2 Å². The lowest BCUT2D eigenvalue weighted by atomic mass is 10.1. The van der Waals surface area contributed by atoms with Gasteiger partial charge in [0.05, 0.1) is 5.02 Å². The number of nitrogens with two attached hydrogens (primary N) is 1. The summed E-state index contributed by atoms with van der Waals surface area (Å²) < 4.78 is 5.47. The fourth-order valence-corrected chi connectivity index (χ4v) is 1.90. The van der Waals surface area contributed by atoms with Crippen molar-refractivity contribution in [3.63, 3.8) is 0 Å². The van der Waals surface area contributed by atoms with Crippen LogP contribution in [0.25, 0.3) is 11.0 Å². The maximum atomic E-state index is 6.22. The third-order valence-electron chi connectivity index (χ3n) is 2.25. The van der Waals surface area contributed by atoms with Crippen molar-refractivity contribution in [1.29, 1.82) is 0 Å². The standard InChI is InChI=1S/C11H12ClNO/c1-7-6-9-10(14-7)3-2-8(4-5-13)11(9)12/h2-3,6H,4-5,13H2,1H3. The molecule has 74 valence electrons. The van der Waals surface area contributed by atoms with Crippen LogP contribution in [0.4, 0.5) is 0 Å². The Labute approximate surface area is 87.6 Å². The van der Waals surface area contributed by atoms with Crippen LogP contribution in [-0.4, -0.2) is 6.54 Å². The number of furan rings is 1. The first-order chi connectivity index (χ1) is 6.72. The Balaban J connectivity index is 2.61. The number of benzene rings is 1. The van der Waals surface area contributed by atoms with Gasteiger partial charge in [0.25, 0.3) is 0 Å². The van der Waals surface area contributed by atoms with Gasteiger partial charge in [0, 0.05) is 5.39 Å². The van der Waals surface area contributed by atoms with Crippen LogP contribution in [0.5, 0.6) is 0 Å². The van der Waals surface area contributed by atoms with E-state index in [1.807, 2.05) is 25.1 Å². The van der Waals surface area contributed by atoms with E-state index < -0.39 is 0 Å². The van der Waals surface area contributed by atoms with Gasteiger partial charge in [-0.3, -0.25) is 0 Å². The molecule has 0 unspecified atom stereocenters. The molecule has 3 heteroatoms. The van der Waals surface area contributed by atoms with Crippen LogP contribution in [-0.2, 0) is 6.42 Å². The summed E-state index contributed by atoms with van der Waals surface area (Å²) in [6.07, 6.45) is 0.805. The zero-order valence-electron chi connectivity index (χ0n) is 8.01. The molecule has 1 heterocycles. The highest BCUT2D eigenvalue weighted by atomic mass is 35.5. The van der Waals surface area contributed by atoms with E-state index in [0.29, 0.717) is 6.54 Å². The van der Waals surface area contributed by atoms with Crippen LogP contribution in [0.3, 0.4) is 0 Å². The molecule has 2 nitrogen and oxygen atoms in total. The molecule has 0 amide bonds. The summed E-state index contributed by atoms with van der Waals surface area (Å²) in [5.74, 6) is 0.881. The van der Waals surface area contributed by atoms with E-state index in [0.717, 1.165) is 33.7 Å². The van der Waals surface area contributed by atoms with Gasteiger partial charge in [-0.1, -0.05) is 17.7 Å². The Kier molecular flexibility index (Phi) is 2.48. The monoisotopic (exact) mass is 209 g/mol. The number of fused-ring (bicyclic) bond motifs is 1. The minimum absolute atomic E-state index is 0.613. The second kappa shape index (κ2) is 3.64. The van der Waals surface area contributed by atoms with Crippen LogP contribution in [0.15, 0.2) is 22.6 Å². The molecule has 0 atom stereocenters. The number of halogens is 1. The zero-order valence-corrected chi connectivity index (χ0v) is 8.77. The minimum atomic E-state index is 0.613. The summed E-state index contributed by atoms with van der Waals surface area (Å²) in [4.78, 5) is 0. The van der Waals surface area contributed by atoms with Gasteiger partial charge in [-0.05, 0) is 37.6 Å². The predicted octanol–water partition coefficient (Wildman–Crippen LogP) is 2.90. The van der Waals surface area contributed by atoms with E-state index in [4.69, 9.17) is 21.8 Å². The van der Waals surface area contributed by atoms with Crippen LogP contribution >= 0.6 is 11.6 Å². The summed E-state index contributed by atoms with van der Waals surface area (Å²) in [6.45, 7) is 2.53. The Morgan fingerprint density at radius 2 is 2.21 bits per heavy atom. The van der Waals surface area contributed by atoms with Gasteiger partial charge in [-0.2, -0.15) is 0 Å². The zero-order chi connectivity index (χ0) is 10.1. The van der Waals surface area contributed by atoms with Crippen LogP contribution in [0.2, 0.25) is 5.02 Å². The molecule has 0 bridgehead atoms. The highest BCUT2D eigenvalue weighted by Gasteiger charge is 2.08. The predicted molar refractivity (Wildman–Crippen MR) is 58.7 cm³/mol. The van der Waals surface area contributed by atoms with Crippen LogP contribution in [0.1, 0.15) is 11.3 Å². The molecule has 14 heavy (non-hydrogen) atoms. The number of rotatable bonds is 2. The Morgan fingerprint density at radius 3 is 2.93 bits per heavy atom. The molecule has 0 saturated carbocycles. The van der Waals surface area contributed by atoms with Gasteiger partial charge in [-0.25, -0.2) is 0 Å². The van der Waals surface area contributed by atoms with Crippen LogP contribution in [0, 0.1) is 6.92 Å². The van der Waals surface area contributed by atoms with Crippen molar-refractivity contribution in [3.05, 3.63) is 34.5 Å². The Hall–Kier alpha value is -0.990. The van der Waals surface area contributed by atoms with E-state index in [1.54, 1.807) is 0 Å². The molecule has 0 aliphatic carbocycles. The quantitative estimate of drug-likeness (QED) is 0.826. The van der Waals surface area contributed by atoms with Gasteiger partial charge in [0.2, 0.25) is 0 Å². The molecule has 1 aromatic carbocycles. The summed E-state index contributed by atoms with van der Waals surface area (Å²) in [5.41, 5.74) is 7.42. The van der Waals surface area contributed by atoms with Crippen molar-refractivity contribution in [3.8, 4) is 0 Å². The molecule has 2 N–H and O–H groups in total. The van der Waals surface area contributed by atoms with Crippen molar-refractivity contribution in [1.82, 2.24) is 0 Å². The van der Waals surface area contributed by atoms with Crippen LogP contribution < -0.4 is 5.73 Å². The lowest BCUT2D eigenvalue weighted by Gasteiger charge is -2.02. The van der Waals surface area contributed by atoms with Gasteiger partial charge in [-0.15, -0.1) is 0 Å². The summed E-state index contributed by atoms with van der Waals surface area (Å²) in [6, 6.07) is 5.87. The molecular weight excluding hydrogens is 198 g/mol. The summed E-state index contributed by atoms with van der Waals surface area (Å²) in [5, 5.41) is 1.75. The third-order valence-corrected chi connectivity index (χ3v) is 2.70. The molecule has 0 saturated heterocycles. The van der Waals surface area contributed by atoms with Crippen molar-refractivity contribution in [2.24, 2.45) is 5.73 Å². The molecule has 2 rings (SSSR count). The second-order valence-corrected chi connectivity index (χ2v) is 3.72. The fourth-order valence-electron chi connectivity index (χ4n) is 1.60. The maximum Gasteiger partial charge on any atom is 0.135 e. The molecule has 0 fully saturated rings. The summed E-state index contributed by atoms with van der Waals surface area (Å²) >= 11 is 6.22. The van der Waals surface area contributed by atoms with Crippen molar-refractivity contribution in [2.45, 2.75) is 13.3 Å². The second-order valence-electron chi connectivity index (χ2n) is 3.35. The average Bonchev–Trinajstić information content (AvgIpc) is 2.52. The normalized spacial score (nSPS) is 11.1. The van der Waals surface area contributed by atoms with Crippen molar-refractivity contribution >= 4 is 22.6 Å². The minimum Gasteiger partial charge on any atom is -0.461 e. The van der Waals surface area contributed by atoms with E-state index in [2.05, 4.69) is 0 Å². The third kappa shape index (κ3) is 1.51. The maximum absolute atomic E-state index is 6.22. The molecule has 1 aromatic heterocycles. The van der Waals surface area contributed by atoms with Crippen molar-refractivity contribution in [2.75, 3.05) is 6.54 Å². The largest absolute Gasteiger partial charge is 0.461 e. The first-order valence-electron chi connectivity index (χ1n) is 4.60. The molecule has 0 aliphatic rings. The molecule has 0 aliphatic heterocycles. The SMILES string of the molecule is Cc1cc2c(Cl)c(CCN)ccc2o1. The molecule has 0 radical (unpaired) electrons. The van der Waals surface area contributed by atoms with E-state index >= 15 is 0 Å². The fraction of sp³-hybridized carbons (Fsp3) is 0.273. The number of hydrogen-bond acceptors (Lipinski definition) is 2. The van der Waals surface area contributed by atoms with E-state index in [9.17, 15) is 0 Å². The highest BCUT2D eigenvalue weighted by Crippen LogP contribution is 2.29. The first kappa shape index (κ1) is 9.56. The highest BCUT2D eigenvalue weighted by molar-refractivity contribution is 6.36. The molecule has 2 aromatic rings. The van der Waals surface area contributed by atoms with Gasteiger partial charge in [0.15, 0.2) is 0 Å².